The van der Waals surface area contributed by atoms with Crippen molar-refractivity contribution in [3.8, 4) is 5.75 Å². The van der Waals surface area contributed by atoms with Gasteiger partial charge in [0.15, 0.2) is 5.78 Å². The fourth-order valence-corrected chi connectivity index (χ4v) is 5.22. The van der Waals surface area contributed by atoms with Crippen LogP contribution in [-0.2, 0) is 22.7 Å². The van der Waals surface area contributed by atoms with Gasteiger partial charge >= 0.3 is 6.09 Å². The zero-order valence-electron chi connectivity index (χ0n) is 22.7. The minimum atomic E-state index is -0.717. The number of fused-ring (bicyclic) bond motifs is 1. The smallest absolute Gasteiger partial charge is 0.410 e. The van der Waals surface area contributed by atoms with Crippen molar-refractivity contribution in [3.63, 3.8) is 0 Å². The van der Waals surface area contributed by atoms with Crippen LogP contribution in [0.4, 0.5) is 9.18 Å². The fraction of sp³-hybridized carbons (Fsp3) is 0.321. The Bertz CT molecular complexity index is 1590. The van der Waals surface area contributed by atoms with Gasteiger partial charge < -0.3 is 30.3 Å². The van der Waals surface area contributed by atoms with Crippen molar-refractivity contribution in [3.05, 3.63) is 64.6 Å². The second-order valence-corrected chi connectivity index (χ2v) is 10.3. The van der Waals surface area contributed by atoms with Gasteiger partial charge in [0, 0.05) is 41.9 Å². The van der Waals surface area contributed by atoms with Gasteiger partial charge in [0.05, 0.1) is 17.1 Å². The lowest BCUT2D eigenvalue weighted by molar-refractivity contribution is -0.138. The molecule has 2 aliphatic rings. The molecule has 42 heavy (non-hydrogen) atoms. The van der Waals surface area contributed by atoms with Crippen LogP contribution in [0.3, 0.4) is 0 Å². The lowest BCUT2D eigenvalue weighted by Crippen LogP contribution is -2.46. The van der Waals surface area contributed by atoms with Crippen LogP contribution in [0.2, 0.25) is 5.02 Å². The first kappa shape index (κ1) is 29.0. The summed E-state index contributed by atoms with van der Waals surface area (Å²) in [7, 11) is 0. The maximum Gasteiger partial charge on any atom is 0.412 e. The summed E-state index contributed by atoms with van der Waals surface area (Å²) in [6.07, 6.45) is 1.98. The Kier molecular flexibility index (Phi) is 8.69. The van der Waals surface area contributed by atoms with Crippen molar-refractivity contribution in [1.82, 2.24) is 31.0 Å². The number of carbonyl (C=O) groups is 4. The molecule has 1 aromatic heterocycles. The number of hydrogen-bond acceptors (Lipinski definition) is 8. The van der Waals surface area contributed by atoms with Gasteiger partial charge in [-0.25, -0.2) is 14.6 Å². The van der Waals surface area contributed by atoms with E-state index in [0.717, 1.165) is 0 Å². The molecule has 0 radical (unpaired) electrons. The van der Waals surface area contributed by atoms with Crippen molar-refractivity contribution in [2.75, 3.05) is 19.8 Å². The number of aliphatic imine (C=N–C) groups is 1. The molecule has 1 saturated heterocycles. The third kappa shape index (κ3) is 6.37. The van der Waals surface area contributed by atoms with Gasteiger partial charge in [-0.2, -0.15) is 0 Å². The molecule has 4 N–H and O–H groups in total. The SMILES string of the molecule is CC(=O)c1cn(CC(=O)N2CCC[C@H]2C(=O)NCc2cccc(Cl)c2F)c2cc(OC(=O)NCC3=NCNN3)ccc12. The van der Waals surface area contributed by atoms with E-state index in [1.54, 1.807) is 35.0 Å². The number of hydrazine groups is 1. The van der Waals surface area contributed by atoms with Crippen LogP contribution in [0.25, 0.3) is 10.9 Å². The van der Waals surface area contributed by atoms with Crippen molar-refractivity contribution in [1.29, 1.82) is 0 Å². The zero-order valence-corrected chi connectivity index (χ0v) is 23.5. The molecular formula is C28H29ClFN7O5. The Morgan fingerprint density at radius 1 is 1.17 bits per heavy atom. The van der Waals surface area contributed by atoms with Crippen LogP contribution >= 0.6 is 11.6 Å². The normalized spacial score (nSPS) is 16.2. The van der Waals surface area contributed by atoms with E-state index in [9.17, 15) is 23.6 Å². The number of likely N-dealkylation sites (tertiary alicyclic amines) is 1. The quantitative estimate of drug-likeness (QED) is 0.277. The van der Waals surface area contributed by atoms with Gasteiger partial charge in [0.2, 0.25) is 11.8 Å². The second-order valence-electron chi connectivity index (χ2n) is 9.89. The van der Waals surface area contributed by atoms with E-state index in [4.69, 9.17) is 16.3 Å². The lowest BCUT2D eigenvalue weighted by atomic mass is 10.1. The third-order valence-electron chi connectivity index (χ3n) is 7.09. The second kappa shape index (κ2) is 12.6. The Morgan fingerprint density at radius 3 is 2.76 bits per heavy atom. The van der Waals surface area contributed by atoms with Crippen LogP contribution in [0.5, 0.6) is 5.75 Å². The Morgan fingerprint density at radius 2 is 2.00 bits per heavy atom. The average Bonchev–Trinajstić information content (AvgIpc) is 3.73. The number of carbonyl (C=O) groups excluding carboxylic acids is 4. The summed E-state index contributed by atoms with van der Waals surface area (Å²) in [5, 5.41) is 5.86. The first-order valence-corrected chi connectivity index (χ1v) is 13.7. The Labute approximate surface area is 245 Å². The summed E-state index contributed by atoms with van der Waals surface area (Å²) >= 11 is 5.83. The minimum Gasteiger partial charge on any atom is -0.410 e. The molecule has 3 heterocycles. The number of rotatable bonds is 9. The summed E-state index contributed by atoms with van der Waals surface area (Å²) < 4.78 is 21.3. The number of amidine groups is 1. The van der Waals surface area contributed by atoms with Gasteiger partial charge in [-0.05, 0) is 38.0 Å². The van der Waals surface area contributed by atoms with Crippen LogP contribution in [0.1, 0.15) is 35.7 Å². The number of ether oxygens (including phenoxy) is 1. The molecule has 2 aromatic carbocycles. The lowest BCUT2D eigenvalue weighted by Gasteiger charge is -2.24. The van der Waals surface area contributed by atoms with Crippen molar-refractivity contribution >= 4 is 52.0 Å². The van der Waals surface area contributed by atoms with Crippen molar-refractivity contribution < 1.29 is 28.3 Å². The first-order valence-electron chi connectivity index (χ1n) is 13.3. The molecule has 3 aromatic rings. The van der Waals surface area contributed by atoms with E-state index in [0.29, 0.717) is 48.4 Å². The average molecular weight is 598 g/mol. The summed E-state index contributed by atoms with van der Waals surface area (Å²) in [4.78, 5) is 56.7. The maximum atomic E-state index is 14.2. The summed E-state index contributed by atoms with van der Waals surface area (Å²) in [5.41, 5.74) is 6.77. The highest BCUT2D eigenvalue weighted by Gasteiger charge is 2.34. The topological polar surface area (TPSA) is 146 Å². The Balaban J connectivity index is 1.28. The molecule has 1 fully saturated rings. The predicted molar refractivity (Wildman–Crippen MR) is 153 cm³/mol. The summed E-state index contributed by atoms with van der Waals surface area (Å²) in [5.74, 6) is -0.727. The number of ketones is 1. The molecule has 0 aliphatic carbocycles. The largest absolute Gasteiger partial charge is 0.412 e. The number of amides is 3. The highest BCUT2D eigenvalue weighted by molar-refractivity contribution is 6.30. The monoisotopic (exact) mass is 597 g/mol. The molecular weight excluding hydrogens is 569 g/mol. The molecule has 0 saturated carbocycles. The summed E-state index contributed by atoms with van der Waals surface area (Å²) in [6, 6.07) is 8.64. The van der Waals surface area contributed by atoms with Crippen LogP contribution in [0.15, 0.2) is 47.6 Å². The minimum absolute atomic E-state index is 0.0358. The van der Waals surface area contributed by atoms with Crippen LogP contribution in [-0.4, -0.2) is 64.8 Å². The molecule has 220 valence electrons. The molecule has 0 bridgehead atoms. The highest BCUT2D eigenvalue weighted by atomic mass is 35.5. The molecule has 3 amide bonds. The number of benzene rings is 2. The van der Waals surface area contributed by atoms with Crippen molar-refractivity contribution in [2.45, 2.75) is 38.9 Å². The first-order chi connectivity index (χ1) is 20.2. The number of aromatic nitrogens is 1. The number of Topliss-reactive ketones (excluding diaryl/α,β-unsaturated/α-hetero) is 1. The molecule has 12 nitrogen and oxygen atoms in total. The van der Waals surface area contributed by atoms with Gasteiger partial charge in [-0.3, -0.25) is 19.4 Å². The van der Waals surface area contributed by atoms with Crippen LogP contribution < -0.4 is 26.2 Å². The number of halogens is 2. The van der Waals surface area contributed by atoms with Gasteiger partial charge in [0.25, 0.3) is 0 Å². The molecule has 14 heteroatoms. The predicted octanol–water partition coefficient (Wildman–Crippen LogP) is 2.50. The standard InChI is InChI=1S/C28H29ClFN7O5/c1-16(38)20-13-36(23-10-18(7-8-19(20)23)42-28(41)32-12-24-33-15-34-35-24)14-25(39)37-9-3-6-22(37)27(40)31-11-17-4-2-5-21(29)26(17)30/h2,4-5,7-8,10,13,22,34H,3,6,9,11-12,14-15H2,1H3,(H,31,40)(H,32,41)(H,33,35)/t22-/m0/s1. The molecule has 0 unspecified atom stereocenters. The van der Waals surface area contributed by atoms with E-state index >= 15 is 0 Å². The molecule has 1 atom stereocenters. The van der Waals surface area contributed by atoms with Gasteiger partial charge in [-0.1, -0.05) is 23.7 Å². The van der Waals surface area contributed by atoms with E-state index in [2.05, 4.69) is 26.5 Å². The number of hydrogen-bond donors (Lipinski definition) is 4. The van der Waals surface area contributed by atoms with Gasteiger partial charge in [0.1, 0.15) is 36.7 Å². The molecule has 0 spiro atoms. The Hall–Kier alpha value is -4.49. The maximum absolute atomic E-state index is 14.2. The third-order valence-corrected chi connectivity index (χ3v) is 7.38. The van der Waals surface area contributed by atoms with Crippen molar-refractivity contribution in [2.24, 2.45) is 4.99 Å². The zero-order chi connectivity index (χ0) is 29.8. The summed E-state index contributed by atoms with van der Waals surface area (Å²) in [6.45, 7) is 2.15. The van der Waals surface area contributed by atoms with Crippen LogP contribution in [0, 0.1) is 5.82 Å². The van der Waals surface area contributed by atoms with Gasteiger partial charge in [-0.15, -0.1) is 0 Å². The van der Waals surface area contributed by atoms with E-state index in [1.165, 1.54) is 24.0 Å². The highest BCUT2D eigenvalue weighted by Crippen LogP contribution is 2.28. The molecule has 5 rings (SSSR count). The number of nitrogens with one attached hydrogen (secondary N) is 4. The molecule has 2 aliphatic heterocycles. The van der Waals surface area contributed by atoms with E-state index < -0.39 is 23.9 Å². The van der Waals surface area contributed by atoms with E-state index in [-0.39, 0.29) is 47.7 Å². The fourth-order valence-electron chi connectivity index (χ4n) is 5.02. The van der Waals surface area contributed by atoms with E-state index in [1.807, 2.05) is 0 Å². The number of nitrogens with zero attached hydrogens (tertiary/aromatic N) is 3.